The van der Waals surface area contributed by atoms with Crippen molar-refractivity contribution in [2.75, 3.05) is 19.5 Å². The molecular formula is C22H21N5O4. The van der Waals surface area contributed by atoms with Gasteiger partial charge >= 0.3 is 0 Å². The summed E-state index contributed by atoms with van der Waals surface area (Å²) >= 11 is 0. The van der Waals surface area contributed by atoms with Crippen molar-refractivity contribution in [3.05, 3.63) is 66.7 Å². The molecule has 0 aliphatic carbocycles. The van der Waals surface area contributed by atoms with Crippen molar-refractivity contribution in [2.45, 2.75) is 12.8 Å². The maximum absolute atomic E-state index is 12.6. The summed E-state index contributed by atoms with van der Waals surface area (Å²) in [6, 6.07) is 12.5. The van der Waals surface area contributed by atoms with Gasteiger partial charge in [-0.3, -0.25) is 4.79 Å². The molecule has 0 aliphatic heterocycles. The molecule has 9 heteroatoms. The van der Waals surface area contributed by atoms with Gasteiger partial charge in [0.05, 0.1) is 20.5 Å². The van der Waals surface area contributed by atoms with Crippen molar-refractivity contribution in [1.82, 2.24) is 19.7 Å². The molecule has 1 aromatic carbocycles. The van der Waals surface area contributed by atoms with Crippen molar-refractivity contribution < 1.29 is 18.7 Å². The summed E-state index contributed by atoms with van der Waals surface area (Å²) in [4.78, 5) is 21.5. The second-order valence-corrected chi connectivity index (χ2v) is 6.60. The van der Waals surface area contributed by atoms with Crippen LogP contribution in [0.3, 0.4) is 0 Å². The van der Waals surface area contributed by atoms with E-state index in [-0.39, 0.29) is 12.3 Å². The lowest BCUT2D eigenvalue weighted by Crippen LogP contribution is -2.15. The molecule has 1 N–H and O–H groups in total. The summed E-state index contributed by atoms with van der Waals surface area (Å²) in [5.41, 5.74) is 0.962. The highest BCUT2D eigenvalue weighted by Crippen LogP contribution is 2.28. The van der Waals surface area contributed by atoms with Crippen LogP contribution in [0.1, 0.15) is 12.0 Å². The minimum absolute atomic E-state index is 0.176. The lowest BCUT2D eigenvalue weighted by Gasteiger charge is -2.10. The fourth-order valence-corrected chi connectivity index (χ4v) is 3.04. The third kappa shape index (κ3) is 4.72. The Bertz CT molecular complexity index is 1100. The highest BCUT2D eigenvalue weighted by molar-refractivity contribution is 5.90. The van der Waals surface area contributed by atoms with Crippen molar-refractivity contribution >= 4 is 11.7 Å². The van der Waals surface area contributed by atoms with E-state index in [2.05, 4.69) is 20.4 Å². The molecule has 4 aromatic rings. The van der Waals surface area contributed by atoms with Crippen LogP contribution in [0.5, 0.6) is 11.5 Å². The van der Waals surface area contributed by atoms with Crippen LogP contribution < -0.4 is 14.8 Å². The highest BCUT2D eigenvalue weighted by Gasteiger charge is 2.13. The average molecular weight is 419 g/mol. The third-order valence-electron chi connectivity index (χ3n) is 4.55. The Morgan fingerprint density at radius 1 is 1.10 bits per heavy atom. The van der Waals surface area contributed by atoms with Crippen LogP contribution >= 0.6 is 0 Å². The van der Waals surface area contributed by atoms with Crippen LogP contribution in [0, 0.1) is 0 Å². The van der Waals surface area contributed by atoms with Crippen molar-refractivity contribution in [2.24, 2.45) is 0 Å². The van der Waals surface area contributed by atoms with Crippen LogP contribution in [0.15, 0.2) is 65.5 Å². The van der Waals surface area contributed by atoms with Gasteiger partial charge < -0.3 is 19.2 Å². The van der Waals surface area contributed by atoms with Crippen molar-refractivity contribution in [3.63, 3.8) is 0 Å². The molecule has 3 heterocycles. The third-order valence-corrected chi connectivity index (χ3v) is 4.55. The van der Waals surface area contributed by atoms with E-state index < -0.39 is 0 Å². The molecule has 0 fully saturated rings. The van der Waals surface area contributed by atoms with Gasteiger partial charge in [-0.25, -0.2) is 14.6 Å². The fourth-order valence-electron chi connectivity index (χ4n) is 3.04. The summed E-state index contributed by atoms with van der Waals surface area (Å²) in [7, 11) is 3.17. The summed E-state index contributed by atoms with van der Waals surface area (Å²) in [6.45, 7) is 0. The summed E-state index contributed by atoms with van der Waals surface area (Å²) in [5.74, 6) is 2.83. The van der Waals surface area contributed by atoms with E-state index in [0.717, 1.165) is 5.56 Å². The smallest absolute Gasteiger partial charge is 0.225 e. The molecule has 0 spiro atoms. The van der Waals surface area contributed by atoms with E-state index in [1.165, 1.54) is 0 Å². The first-order chi connectivity index (χ1) is 15.2. The van der Waals surface area contributed by atoms with E-state index in [0.29, 0.717) is 41.1 Å². The number of carbonyl (C=O) groups excluding carboxylic acids is 1. The number of anilines is 1. The molecule has 0 aliphatic rings. The number of nitrogens with zero attached hydrogens (tertiary/aromatic N) is 4. The second-order valence-electron chi connectivity index (χ2n) is 6.60. The number of rotatable bonds is 8. The molecule has 0 atom stereocenters. The monoisotopic (exact) mass is 419 g/mol. The maximum Gasteiger partial charge on any atom is 0.225 e. The number of hydrogen-bond donors (Lipinski definition) is 1. The standard InChI is InChI=1S/C22H21N5O4/c1-29-16-8-6-15(13-18(16)30-2)7-9-21(28)24-19-14-20(27-11-4-10-23-27)26-22(25-19)17-5-3-12-31-17/h3-6,8,10-14H,7,9H2,1-2H3,(H,24,25,26,28). The van der Waals surface area contributed by atoms with Crippen LogP contribution in [0.4, 0.5) is 5.82 Å². The molecule has 158 valence electrons. The highest BCUT2D eigenvalue weighted by atomic mass is 16.5. The topological polar surface area (TPSA) is 104 Å². The molecule has 31 heavy (non-hydrogen) atoms. The number of amides is 1. The molecule has 4 rings (SSSR count). The minimum Gasteiger partial charge on any atom is -0.493 e. The number of ether oxygens (including phenoxy) is 2. The number of methoxy groups -OCH3 is 2. The SMILES string of the molecule is COc1ccc(CCC(=O)Nc2cc(-n3cccn3)nc(-c3ccco3)n2)cc1OC. The lowest BCUT2D eigenvalue weighted by atomic mass is 10.1. The molecule has 0 radical (unpaired) electrons. The zero-order valence-corrected chi connectivity index (χ0v) is 17.1. The van der Waals surface area contributed by atoms with Gasteiger partial charge in [-0.15, -0.1) is 0 Å². The fraction of sp³-hybridized carbons (Fsp3) is 0.182. The van der Waals surface area contributed by atoms with E-state index >= 15 is 0 Å². The molecule has 1 amide bonds. The van der Waals surface area contributed by atoms with Crippen LogP contribution in [0.25, 0.3) is 17.4 Å². The van der Waals surface area contributed by atoms with E-state index in [1.807, 2.05) is 18.2 Å². The number of benzene rings is 1. The van der Waals surface area contributed by atoms with Gasteiger partial charge in [0.2, 0.25) is 5.91 Å². The predicted molar refractivity (Wildman–Crippen MR) is 113 cm³/mol. The zero-order valence-electron chi connectivity index (χ0n) is 17.1. The molecule has 0 unspecified atom stereocenters. The number of nitrogens with one attached hydrogen (secondary N) is 1. The number of aryl methyl sites for hydroxylation is 1. The largest absolute Gasteiger partial charge is 0.493 e. The quantitative estimate of drug-likeness (QED) is 0.466. The number of aromatic nitrogens is 4. The van der Waals surface area contributed by atoms with E-state index in [4.69, 9.17) is 13.9 Å². The Morgan fingerprint density at radius 3 is 2.68 bits per heavy atom. The summed E-state index contributed by atoms with van der Waals surface area (Å²) in [6.07, 6.45) is 5.76. The summed E-state index contributed by atoms with van der Waals surface area (Å²) < 4.78 is 17.6. The zero-order chi connectivity index (χ0) is 21.6. The minimum atomic E-state index is -0.176. The van der Waals surface area contributed by atoms with Crippen molar-refractivity contribution in [3.8, 4) is 28.9 Å². The maximum atomic E-state index is 12.6. The van der Waals surface area contributed by atoms with Crippen LogP contribution in [-0.2, 0) is 11.2 Å². The first-order valence-corrected chi connectivity index (χ1v) is 9.60. The van der Waals surface area contributed by atoms with Gasteiger partial charge in [-0.2, -0.15) is 5.10 Å². The van der Waals surface area contributed by atoms with Gasteiger partial charge in [-0.05, 0) is 42.3 Å². The normalized spacial score (nSPS) is 10.6. The van der Waals surface area contributed by atoms with E-state index in [9.17, 15) is 4.79 Å². The van der Waals surface area contributed by atoms with Crippen molar-refractivity contribution in [1.29, 1.82) is 0 Å². The van der Waals surface area contributed by atoms with Crippen LogP contribution in [0.2, 0.25) is 0 Å². The Kier molecular flexibility index (Phi) is 5.93. The van der Waals surface area contributed by atoms with Gasteiger partial charge in [0.1, 0.15) is 5.82 Å². The van der Waals surface area contributed by atoms with Crippen LogP contribution in [-0.4, -0.2) is 39.9 Å². The van der Waals surface area contributed by atoms with Gasteiger partial charge in [0.15, 0.2) is 28.9 Å². The number of hydrogen-bond acceptors (Lipinski definition) is 7. The Hall–Kier alpha value is -4.14. The van der Waals surface area contributed by atoms with Gasteiger partial charge in [0.25, 0.3) is 0 Å². The van der Waals surface area contributed by atoms with Gasteiger partial charge in [-0.1, -0.05) is 6.07 Å². The molecular weight excluding hydrogens is 398 g/mol. The Balaban J connectivity index is 1.50. The van der Waals surface area contributed by atoms with E-state index in [1.54, 1.807) is 61.8 Å². The number of furan rings is 1. The molecule has 9 nitrogen and oxygen atoms in total. The molecule has 3 aromatic heterocycles. The lowest BCUT2D eigenvalue weighted by molar-refractivity contribution is -0.116. The predicted octanol–water partition coefficient (Wildman–Crippen LogP) is 3.51. The second kappa shape index (κ2) is 9.12. The Morgan fingerprint density at radius 2 is 1.97 bits per heavy atom. The molecule has 0 saturated carbocycles. The Labute approximate surface area is 178 Å². The first kappa shape index (κ1) is 20.1. The molecule has 0 bridgehead atoms. The number of carbonyl (C=O) groups is 1. The first-order valence-electron chi connectivity index (χ1n) is 9.60. The van der Waals surface area contributed by atoms with Gasteiger partial charge in [0, 0.05) is 24.9 Å². The average Bonchev–Trinajstić information content (AvgIpc) is 3.52. The molecule has 0 saturated heterocycles. The summed E-state index contributed by atoms with van der Waals surface area (Å²) in [5, 5.41) is 7.04.